The van der Waals surface area contributed by atoms with Crippen LogP contribution < -0.4 is 5.32 Å². The second-order valence-corrected chi connectivity index (χ2v) is 7.70. The average molecular weight is 373 g/mol. The fraction of sp³-hybridized carbons (Fsp3) is 0.500. The monoisotopic (exact) mass is 372 g/mol. The molecule has 5 nitrogen and oxygen atoms in total. The molecule has 1 aliphatic heterocycles. The lowest BCUT2D eigenvalue weighted by Crippen LogP contribution is -2.38. The van der Waals surface area contributed by atoms with Crippen LogP contribution >= 0.6 is 11.6 Å². The van der Waals surface area contributed by atoms with Gasteiger partial charge in [-0.1, -0.05) is 54.8 Å². The molecule has 1 fully saturated rings. The Morgan fingerprint density at radius 2 is 1.92 bits per heavy atom. The highest BCUT2D eigenvalue weighted by Crippen LogP contribution is 2.31. The smallest absolute Gasteiger partial charge is 0.155 e. The van der Waals surface area contributed by atoms with Crippen LogP contribution in [0.15, 0.2) is 30.3 Å². The second-order valence-electron chi connectivity index (χ2n) is 7.35. The highest BCUT2D eigenvalue weighted by atomic mass is 35.5. The number of nitrogens with one attached hydrogen (secondary N) is 1. The number of anilines is 1. The van der Waals surface area contributed by atoms with Crippen molar-refractivity contribution < 1.29 is 5.11 Å². The fourth-order valence-corrected chi connectivity index (χ4v) is 4.27. The Balaban J connectivity index is 1.54. The van der Waals surface area contributed by atoms with E-state index in [9.17, 15) is 5.11 Å². The van der Waals surface area contributed by atoms with Gasteiger partial charge in [0.05, 0.1) is 12.1 Å². The Morgan fingerprint density at radius 1 is 1.12 bits per heavy atom. The van der Waals surface area contributed by atoms with Crippen molar-refractivity contribution in [3.05, 3.63) is 52.2 Å². The molecule has 2 N–H and O–H groups in total. The summed E-state index contributed by atoms with van der Waals surface area (Å²) in [5.41, 5.74) is 3.53. The fourth-order valence-electron chi connectivity index (χ4n) is 4.03. The molecule has 1 aromatic carbocycles. The van der Waals surface area contributed by atoms with Crippen molar-refractivity contribution in [2.45, 2.75) is 57.3 Å². The van der Waals surface area contributed by atoms with Crippen LogP contribution in [0.1, 0.15) is 42.4 Å². The maximum absolute atomic E-state index is 10.3. The molecule has 1 aromatic heterocycles. The van der Waals surface area contributed by atoms with Gasteiger partial charge < -0.3 is 10.4 Å². The summed E-state index contributed by atoms with van der Waals surface area (Å²) in [5, 5.41) is 22.7. The van der Waals surface area contributed by atoms with Crippen molar-refractivity contribution in [2.75, 3.05) is 11.9 Å². The Hall–Kier alpha value is -1.69. The molecule has 0 amide bonds. The largest absolute Gasteiger partial charge is 0.391 e. The molecule has 0 radical (unpaired) electrons. The molecule has 1 saturated carbocycles. The molecule has 0 saturated heterocycles. The maximum atomic E-state index is 10.3. The summed E-state index contributed by atoms with van der Waals surface area (Å²) >= 11 is 6.32. The summed E-state index contributed by atoms with van der Waals surface area (Å²) in [7, 11) is 0. The van der Waals surface area contributed by atoms with E-state index in [4.69, 9.17) is 11.6 Å². The number of hydrogen-bond acceptors (Lipinski definition) is 5. The molecule has 2 aliphatic rings. The van der Waals surface area contributed by atoms with Crippen molar-refractivity contribution in [1.82, 2.24) is 15.1 Å². The van der Waals surface area contributed by atoms with Crippen molar-refractivity contribution >= 4 is 17.4 Å². The minimum atomic E-state index is -0.319. The molecular weight excluding hydrogens is 348 g/mol. The first-order valence-electron chi connectivity index (χ1n) is 9.45. The number of rotatable bonds is 4. The molecule has 2 heterocycles. The van der Waals surface area contributed by atoms with Crippen molar-refractivity contribution in [1.29, 1.82) is 0 Å². The van der Waals surface area contributed by atoms with Gasteiger partial charge in [-0.15, -0.1) is 10.2 Å². The number of nitrogens with zero attached hydrogens (tertiary/aromatic N) is 3. The minimum Gasteiger partial charge on any atom is -0.391 e. The van der Waals surface area contributed by atoms with E-state index in [-0.39, 0.29) is 12.1 Å². The van der Waals surface area contributed by atoms with Crippen molar-refractivity contribution in [2.24, 2.45) is 0 Å². The minimum absolute atomic E-state index is 0.0489. The van der Waals surface area contributed by atoms with Crippen LogP contribution in [0.25, 0.3) is 0 Å². The summed E-state index contributed by atoms with van der Waals surface area (Å²) in [6.45, 7) is 2.66. The van der Waals surface area contributed by atoms with Gasteiger partial charge in [-0.05, 0) is 24.8 Å². The number of fused-ring (bicyclic) bond motifs is 1. The molecule has 1 aliphatic carbocycles. The highest BCUT2D eigenvalue weighted by molar-refractivity contribution is 6.30. The number of halogens is 1. The van der Waals surface area contributed by atoms with Gasteiger partial charge in [-0.3, -0.25) is 4.90 Å². The molecule has 6 heteroatoms. The summed E-state index contributed by atoms with van der Waals surface area (Å²) in [4.78, 5) is 2.41. The molecule has 0 unspecified atom stereocenters. The molecule has 138 valence electrons. The maximum Gasteiger partial charge on any atom is 0.155 e. The van der Waals surface area contributed by atoms with Crippen molar-refractivity contribution in [3.63, 3.8) is 0 Å². The quantitative estimate of drug-likeness (QED) is 0.861. The summed E-state index contributed by atoms with van der Waals surface area (Å²) < 4.78 is 0. The Bertz CT molecular complexity index is 755. The molecule has 0 spiro atoms. The van der Waals surface area contributed by atoms with Gasteiger partial charge in [0.15, 0.2) is 11.0 Å². The first-order valence-corrected chi connectivity index (χ1v) is 9.83. The Kier molecular flexibility index (Phi) is 5.38. The number of aliphatic hydroxyl groups excluding tert-OH is 1. The first-order chi connectivity index (χ1) is 12.7. The molecule has 2 aromatic rings. The van der Waals surface area contributed by atoms with Crippen LogP contribution in [0.5, 0.6) is 0 Å². The Labute approximate surface area is 159 Å². The van der Waals surface area contributed by atoms with E-state index in [1.54, 1.807) is 0 Å². The predicted octanol–water partition coefficient (Wildman–Crippen LogP) is 3.40. The number of aromatic nitrogens is 2. The van der Waals surface area contributed by atoms with Crippen LogP contribution in [0, 0.1) is 0 Å². The lowest BCUT2D eigenvalue weighted by atomic mass is 9.92. The normalized spacial score (nSPS) is 23.5. The van der Waals surface area contributed by atoms with Gasteiger partial charge in [-0.25, -0.2) is 0 Å². The third kappa shape index (κ3) is 3.85. The zero-order valence-corrected chi connectivity index (χ0v) is 15.6. The predicted molar refractivity (Wildman–Crippen MR) is 103 cm³/mol. The van der Waals surface area contributed by atoms with Gasteiger partial charge in [0, 0.05) is 30.8 Å². The zero-order valence-electron chi connectivity index (χ0n) is 14.9. The van der Waals surface area contributed by atoms with E-state index in [2.05, 4.69) is 44.7 Å². The number of benzene rings is 1. The van der Waals surface area contributed by atoms with E-state index < -0.39 is 0 Å². The van der Waals surface area contributed by atoms with E-state index in [1.807, 2.05) is 6.07 Å². The van der Waals surface area contributed by atoms with Crippen LogP contribution in [0.4, 0.5) is 5.82 Å². The van der Waals surface area contributed by atoms with Gasteiger partial charge in [-0.2, -0.15) is 0 Å². The number of aliphatic hydroxyl groups is 1. The third-order valence-corrected chi connectivity index (χ3v) is 5.80. The van der Waals surface area contributed by atoms with Crippen LogP contribution in [0.3, 0.4) is 0 Å². The van der Waals surface area contributed by atoms with Gasteiger partial charge >= 0.3 is 0 Å². The lowest BCUT2D eigenvalue weighted by molar-refractivity contribution is 0.116. The molecular formula is C20H25ClN4O. The third-order valence-electron chi connectivity index (χ3n) is 5.50. The summed E-state index contributed by atoms with van der Waals surface area (Å²) in [5.74, 6) is 0.785. The molecule has 4 rings (SSSR count). The van der Waals surface area contributed by atoms with Crippen LogP contribution in [-0.2, 0) is 19.5 Å². The zero-order chi connectivity index (χ0) is 17.9. The van der Waals surface area contributed by atoms with E-state index >= 15 is 0 Å². The van der Waals surface area contributed by atoms with Gasteiger partial charge in [0.2, 0.25) is 0 Å². The van der Waals surface area contributed by atoms with Crippen LogP contribution in [-0.4, -0.2) is 38.9 Å². The SMILES string of the molecule is O[C@@H]1CCCC[C@H]1Nc1nnc(Cl)c2c1CN(Cc1ccccc1)CC2. The van der Waals surface area contributed by atoms with Gasteiger partial charge in [0.25, 0.3) is 0 Å². The lowest BCUT2D eigenvalue weighted by Gasteiger charge is -2.33. The molecule has 2 atom stereocenters. The Morgan fingerprint density at radius 3 is 2.73 bits per heavy atom. The van der Waals surface area contributed by atoms with E-state index in [0.29, 0.717) is 5.15 Å². The van der Waals surface area contributed by atoms with E-state index in [0.717, 1.165) is 68.7 Å². The standard InChI is InChI=1S/C20H25ClN4O/c21-19-15-10-11-25(12-14-6-2-1-3-7-14)13-16(15)20(24-23-19)22-17-8-4-5-9-18(17)26/h1-3,6-7,17-18,26H,4-5,8-13H2,(H,22,24)/t17-,18-/m1/s1. The topological polar surface area (TPSA) is 61.3 Å². The van der Waals surface area contributed by atoms with Crippen molar-refractivity contribution in [3.8, 4) is 0 Å². The van der Waals surface area contributed by atoms with Gasteiger partial charge in [0.1, 0.15) is 0 Å². The average Bonchev–Trinajstić information content (AvgIpc) is 2.66. The first kappa shape index (κ1) is 17.7. The number of hydrogen-bond donors (Lipinski definition) is 2. The van der Waals surface area contributed by atoms with E-state index in [1.165, 1.54) is 5.56 Å². The second kappa shape index (κ2) is 7.91. The summed E-state index contributed by atoms with van der Waals surface area (Å²) in [6, 6.07) is 10.6. The summed E-state index contributed by atoms with van der Waals surface area (Å²) in [6.07, 6.45) is 4.60. The molecule has 0 bridgehead atoms. The van der Waals surface area contributed by atoms with Crippen LogP contribution in [0.2, 0.25) is 5.15 Å². The molecule has 26 heavy (non-hydrogen) atoms. The highest BCUT2D eigenvalue weighted by Gasteiger charge is 2.28.